The molecule has 1 aliphatic heterocycles. The second-order valence-corrected chi connectivity index (χ2v) is 4.81. The molecule has 1 aliphatic rings. The predicted molar refractivity (Wildman–Crippen MR) is 70.9 cm³/mol. The Morgan fingerprint density at radius 1 is 1.35 bits per heavy atom. The number of halogens is 1. The fourth-order valence-electron chi connectivity index (χ4n) is 2.25. The highest BCUT2D eigenvalue weighted by Crippen LogP contribution is 2.31. The van der Waals surface area contributed by atoms with Gasteiger partial charge in [0, 0.05) is 43.3 Å². The number of piperazine rings is 1. The van der Waals surface area contributed by atoms with Crippen LogP contribution in [-0.4, -0.2) is 38.2 Å². The second kappa shape index (κ2) is 5.71. The third-order valence-corrected chi connectivity index (χ3v) is 3.55. The summed E-state index contributed by atoms with van der Waals surface area (Å²) in [6.45, 7) is 7.14. The highest BCUT2D eigenvalue weighted by atomic mass is 35.5. The molecule has 1 saturated heterocycles. The van der Waals surface area contributed by atoms with Crippen molar-refractivity contribution in [3.05, 3.63) is 28.3 Å². The SMILES string of the molecule is COc1c(C)ccc(Cl)c1CN1CCNCC1. The highest BCUT2D eigenvalue weighted by Gasteiger charge is 2.16. The molecule has 94 valence electrons. The van der Waals surface area contributed by atoms with E-state index < -0.39 is 0 Å². The number of nitrogens with zero attached hydrogens (tertiary/aromatic N) is 1. The van der Waals surface area contributed by atoms with Crippen LogP contribution in [0.4, 0.5) is 0 Å². The first-order valence-electron chi connectivity index (χ1n) is 5.97. The number of hydrogen-bond acceptors (Lipinski definition) is 3. The number of hydrogen-bond donors (Lipinski definition) is 1. The molecule has 0 aliphatic carbocycles. The summed E-state index contributed by atoms with van der Waals surface area (Å²) in [5.74, 6) is 0.927. The Labute approximate surface area is 108 Å². The maximum absolute atomic E-state index is 6.28. The Bertz CT molecular complexity index is 389. The minimum Gasteiger partial charge on any atom is -0.496 e. The van der Waals surface area contributed by atoms with Crippen LogP contribution in [0.3, 0.4) is 0 Å². The van der Waals surface area contributed by atoms with Crippen molar-refractivity contribution < 1.29 is 4.74 Å². The van der Waals surface area contributed by atoms with Crippen molar-refractivity contribution in [1.29, 1.82) is 0 Å². The molecule has 17 heavy (non-hydrogen) atoms. The molecule has 1 heterocycles. The van der Waals surface area contributed by atoms with Crippen LogP contribution in [0.2, 0.25) is 5.02 Å². The second-order valence-electron chi connectivity index (χ2n) is 4.40. The van der Waals surface area contributed by atoms with Crippen LogP contribution in [0.25, 0.3) is 0 Å². The number of aryl methyl sites for hydroxylation is 1. The average Bonchev–Trinajstić information content (AvgIpc) is 2.35. The van der Waals surface area contributed by atoms with Gasteiger partial charge in [-0.2, -0.15) is 0 Å². The van der Waals surface area contributed by atoms with Crippen molar-refractivity contribution in [3.63, 3.8) is 0 Å². The van der Waals surface area contributed by atoms with Crippen LogP contribution >= 0.6 is 11.6 Å². The molecule has 0 amide bonds. The van der Waals surface area contributed by atoms with E-state index in [0.29, 0.717) is 0 Å². The van der Waals surface area contributed by atoms with Gasteiger partial charge in [-0.15, -0.1) is 0 Å². The van der Waals surface area contributed by atoms with Gasteiger partial charge in [0.1, 0.15) is 5.75 Å². The summed E-state index contributed by atoms with van der Waals surface area (Å²) in [7, 11) is 1.71. The minimum atomic E-state index is 0.797. The lowest BCUT2D eigenvalue weighted by Crippen LogP contribution is -2.43. The average molecular weight is 255 g/mol. The van der Waals surface area contributed by atoms with E-state index in [4.69, 9.17) is 16.3 Å². The van der Waals surface area contributed by atoms with E-state index >= 15 is 0 Å². The molecule has 2 rings (SSSR count). The maximum atomic E-state index is 6.28. The third-order valence-electron chi connectivity index (χ3n) is 3.20. The largest absolute Gasteiger partial charge is 0.496 e. The monoisotopic (exact) mass is 254 g/mol. The Kier molecular flexibility index (Phi) is 4.26. The van der Waals surface area contributed by atoms with E-state index in [2.05, 4.69) is 17.1 Å². The maximum Gasteiger partial charge on any atom is 0.127 e. The molecule has 1 fully saturated rings. The van der Waals surface area contributed by atoms with Gasteiger partial charge in [0.15, 0.2) is 0 Å². The van der Waals surface area contributed by atoms with Crippen molar-refractivity contribution in [3.8, 4) is 5.75 Å². The first-order valence-corrected chi connectivity index (χ1v) is 6.35. The molecule has 0 radical (unpaired) electrons. The van der Waals surface area contributed by atoms with Crippen LogP contribution in [0.15, 0.2) is 12.1 Å². The van der Waals surface area contributed by atoms with Gasteiger partial charge in [0.25, 0.3) is 0 Å². The lowest BCUT2D eigenvalue weighted by molar-refractivity contribution is 0.230. The summed E-state index contributed by atoms with van der Waals surface area (Å²) in [6, 6.07) is 3.96. The molecule has 4 heteroatoms. The number of ether oxygens (including phenoxy) is 1. The van der Waals surface area contributed by atoms with Crippen LogP contribution in [0.5, 0.6) is 5.75 Å². The van der Waals surface area contributed by atoms with Crippen molar-refractivity contribution >= 4 is 11.6 Å². The van der Waals surface area contributed by atoms with E-state index in [-0.39, 0.29) is 0 Å². The smallest absolute Gasteiger partial charge is 0.127 e. The number of nitrogens with one attached hydrogen (secondary N) is 1. The molecule has 0 spiro atoms. The summed E-state index contributed by atoms with van der Waals surface area (Å²) < 4.78 is 5.47. The summed E-state index contributed by atoms with van der Waals surface area (Å²) in [6.07, 6.45) is 0. The van der Waals surface area contributed by atoms with E-state index in [1.165, 1.54) is 0 Å². The Morgan fingerprint density at radius 3 is 2.71 bits per heavy atom. The third kappa shape index (κ3) is 2.92. The minimum absolute atomic E-state index is 0.797. The van der Waals surface area contributed by atoms with E-state index in [0.717, 1.165) is 54.6 Å². The molecule has 0 saturated carbocycles. The quantitative estimate of drug-likeness (QED) is 0.894. The molecule has 0 unspecified atom stereocenters. The zero-order valence-electron chi connectivity index (χ0n) is 10.4. The van der Waals surface area contributed by atoms with Crippen LogP contribution in [0.1, 0.15) is 11.1 Å². The molecular weight excluding hydrogens is 236 g/mol. The molecule has 0 atom stereocenters. The number of methoxy groups -OCH3 is 1. The lowest BCUT2D eigenvalue weighted by Gasteiger charge is -2.28. The van der Waals surface area contributed by atoms with E-state index in [1.54, 1.807) is 7.11 Å². The fraction of sp³-hybridized carbons (Fsp3) is 0.538. The topological polar surface area (TPSA) is 24.5 Å². The normalized spacial score (nSPS) is 17.1. The van der Waals surface area contributed by atoms with Gasteiger partial charge in [-0.1, -0.05) is 17.7 Å². The first kappa shape index (κ1) is 12.7. The molecule has 1 aromatic rings. The van der Waals surface area contributed by atoms with E-state index in [9.17, 15) is 0 Å². The molecule has 3 nitrogen and oxygen atoms in total. The number of rotatable bonds is 3. The van der Waals surface area contributed by atoms with Gasteiger partial charge in [0.05, 0.1) is 7.11 Å². The van der Waals surface area contributed by atoms with Crippen molar-refractivity contribution in [1.82, 2.24) is 10.2 Å². The van der Waals surface area contributed by atoms with Gasteiger partial charge >= 0.3 is 0 Å². The van der Waals surface area contributed by atoms with Crippen molar-refractivity contribution in [2.24, 2.45) is 0 Å². The number of benzene rings is 1. The van der Waals surface area contributed by atoms with Crippen LogP contribution in [-0.2, 0) is 6.54 Å². The molecule has 1 N–H and O–H groups in total. The summed E-state index contributed by atoms with van der Waals surface area (Å²) in [5.41, 5.74) is 2.25. The van der Waals surface area contributed by atoms with Gasteiger partial charge in [0.2, 0.25) is 0 Å². The molecular formula is C13H19ClN2O. The Morgan fingerprint density at radius 2 is 2.06 bits per heavy atom. The molecule has 0 bridgehead atoms. The Hall–Kier alpha value is -0.770. The summed E-state index contributed by atoms with van der Waals surface area (Å²) >= 11 is 6.28. The van der Waals surface area contributed by atoms with Crippen molar-refractivity contribution in [2.75, 3.05) is 33.3 Å². The Balaban J connectivity index is 2.21. The van der Waals surface area contributed by atoms with Gasteiger partial charge in [-0.25, -0.2) is 0 Å². The lowest BCUT2D eigenvalue weighted by atomic mass is 10.1. The van der Waals surface area contributed by atoms with Gasteiger partial charge < -0.3 is 10.1 Å². The van der Waals surface area contributed by atoms with Crippen LogP contribution in [0, 0.1) is 6.92 Å². The zero-order chi connectivity index (χ0) is 12.3. The fourth-order valence-corrected chi connectivity index (χ4v) is 2.45. The predicted octanol–water partition coefficient (Wildman–Crippen LogP) is 2.06. The highest BCUT2D eigenvalue weighted by molar-refractivity contribution is 6.31. The van der Waals surface area contributed by atoms with E-state index in [1.807, 2.05) is 12.1 Å². The van der Waals surface area contributed by atoms with Crippen LogP contribution < -0.4 is 10.1 Å². The van der Waals surface area contributed by atoms with Crippen molar-refractivity contribution in [2.45, 2.75) is 13.5 Å². The molecule has 1 aromatic carbocycles. The summed E-state index contributed by atoms with van der Waals surface area (Å²) in [4.78, 5) is 2.40. The zero-order valence-corrected chi connectivity index (χ0v) is 11.2. The van der Waals surface area contributed by atoms with Gasteiger partial charge in [-0.05, 0) is 18.6 Å². The molecule has 0 aromatic heterocycles. The van der Waals surface area contributed by atoms with Gasteiger partial charge in [-0.3, -0.25) is 4.90 Å². The summed E-state index contributed by atoms with van der Waals surface area (Å²) in [5, 5.41) is 4.15. The standard InChI is InChI=1S/C13H19ClN2O/c1-10-3-4-12(14)11(13(10)17-2)9-16-7-5-15-6-8-16/h3-4,15H,5-9H2,1-2H3. The first-order chi connectivity index (χ1) is 8.22.